The summed E-state index contributed by atoms with van der Waals surface area (Å²) >= 11 is 0. The van der Waals surface area contributed by atoms with E-state index in [1.165, 1.54) is 12.1 Å². The first-order valence-corrected chi connectivity index (χ1v) is 10.1. The van der Waals surface area contributed by atoms with Gasteiger partial charge in [-0.2, -0.15) is 8.42 Å². The summed E-state index contributed by atoms with van der Waals surface area (Å²) in [6.45, 7) is 2.07. The van der Waals surface area contributed by atoms with Crippen LogP contribution in [-0.2, 0) is 16.6 Å². The average Bonchev–Trinajstić information content (AvgIpc) is 2.62. The van der Waals surface area contributed by atoms with Crippen molar-refractivity contribution in [3.8, 4) is 11.5 Å². The number of halogens is 1. The second-order valence-corrected chi connectivity index (χ2v) is 7.96. The Kier molecular flexibility index (Phi) is 7.18. The Morgan fingerprint density at radius 3 is 2.00 bits per heavy atom. The van der Waals surface area contributed by atoms with Crippen molar-refractivity contribution < 1.29 is 27.6 Å². The molecule has 6 nitrogen and oxygen atoms in total. The Bertz CT molecular complexity index is 824. The van der Waals surface area contributed by atoms with Crippen LogP contribution in [0, 0.1) is 0 Å². The minimum Gasteiger partial charge on any atom is -0.508 e. The van der Waals surface area contributed by atoms with Crippen LogP contribution in [0.4, 0.5) is 3.89 Å². The zero-order valence-corrected chi connectivity index (χ0v) is 15.8. The van der Waals surface area contributed by atoms with E-state index in [0.29, 0.717) is 18.5 Å². The zero-order chi connectivity index (χ0) is 20.0. The molecule has 3 N–H and O–H groups in total. The Balaban J connectivity index is 2.11. The summed E-state index contributed by atoms with van der Waals surface area (Å²) in [6, 6.07) is 12.2. The second-order valence-electron chi connectivity index (χ2n) is 6.47. The molecule has 8 heteroatoms. The number of rotatable bonds is 9. The highest BCUT2D eigenvalue weighted by molar-refractivity contribution is 7.86. The van der Waals surface area contributed by atoms with E-state index in [4.69, 9.17) is 0 Å². The number of benzene rings is 2. The quantitative estimate of drug-likeness (QED) is 0.562. The third kappa shape index (κ3) is 6.82. The first-order valence-electron chi connectivity index (χ1n) is 8.57. The van der Waals surface area contributed by atoms with Crippen LogP contribution in [0.15, 0.2) is 48.5 Å². The Hall–Kier alpha value is -2.16. The molecule has 0 aliphatic heterocycles. The van der Waals surface area contributed by atoms with Crippen LogP contribution in [0.3, 0.4) is 0 Å². The van der Waals surface area contributed by atoms with Crippen LogP contribution in [-0.4, -0.2) is 53.5 Å². The standard InChI is InChI=1S/C19H24FNO5S/c1-14(19(24)16-4-8-18(23)9-5-16)21(12-13-27(20,25)26)11-10-15-2-6-17(22)7-3-15/h2-9,14,19,22-24H,10-13H2,1H3/t14-,19?/m0/s1. The molecule has 2 aromatic rings. The lowest BCUT2D eigenvalue weighted by atomic mass is 10.0. The molecule has 0 spiro atoms. The summed E-state index contributed by atoms with van der Waals surface area (Å²) in [5.74, 6) is -0.434. The minimum atomic E-state index is -4.63. The highest BCUT2D eigenvalue weighted by Gasteiger charge is 2.24. The summed E-state index contributed by atoms with van der Waals surface area (Å²) in [4.78, 5) is 1.71. The first kappa shape index (κ1) is 21.1. The van der Waals surface area contributed by atoms with Crippen molar-refractivity contribution in [3.63, 3.8) is 0 Å². The van der Waals surface area contributed by atoms with Crippen LogP contribution in [0.5, 0.6) is 11.5 Å². The molecule has 0 bridgehead atoms. The molecule has 148 valence electrons. The lowest BCUT2D eigenvalue weighted by molar-refractivity contribution is 0.0616. The van der Waals surface area contributed by atoms with Crippen molar-refractivity contribution in [2.75, 3.05) is 18.8 Å². The second kappa shape index (κ2) is 9.16. The fraction of sp³-hybridized carbons (Fsp3) is 0.368. The molecule has 2 aromatic carbocycles. The highest BCUT2D eigenvalue weighted by atomic mass is 32.3. The van der Waals surface area contributed by atoms with Gasteiger partial charge in [-0.15, -0.1) is 3.89 Å². The third-order valence-electron chi connectivity index (χ3n) is 4.51. The lowest BCUT2D eigenvalue weighted by Crippen LogP contribution is -2.41. The molecule has 2 atom stereocenters. The van der Waals surface area contributed by atoms with Crippen LogP contribution >= 0.6 is 0 Å². The molecule has 1 unspecified atom stereocenters. The molecule has 0 aliphatic rings. The van der Waals surface area contributed by atoms with E-state index >= 15 is 0 Å². The maximum absolute atomic E-state index is 13.0. The largest absolute Gasteiger partial charge is 0.508 e. The van der Waals surface area contributed by atoms with E-state index in [2.05, 4.69) is 0 Å². The van der Waals surface area contributed by atoms with Gasteiger partial charge in [0.15, 0.2) is 0 Å². The summed E-state index contributed by atoms with van der Waals surface area (Å²) in [7, 11) is -4.63. The topological polar surface area (TPSA) is 98.1 Å². The molecule has 0 heterocycles. The molecule has 0 saturated carbocycles. The van der Waals surface area contributed by atoms with Crippen LogP contribution in [0.1, 0.15) is 24.2 Å². The summed E-state index contributed by atoms with van der Waals surface area (Å²) in [5, 5.41) is 29.3. The molecule has 0 fully saturated rings. The predicted octanol–water partition coefficient (Wildman–Crippen LogP) is 2.36. The van der Waals surface area contributed by atoms with E-state index < -0.39 is 28.1 Å². The van der Waals surface area contributed by atoms with Gasteiger partial charge in [0.25, 0.3) is 0 Å². The SMILES string of the molecule is C[C@@H](C(O)c1ccc(O)cc1)N(CCc1ccc(O)cc1)CCS(=O)(=O)F. The van der Waals surface area contributed by atoms with Crippen molar-refractivity contribution in [2.24, 2.45) is 0 Å². The van der Waals surface area contributed by atoms with Gasteiger partial charge >= 0.3 is 10.2 Å². The third-order valence-corrected chi connectivity index (χ3v) is 5.18. The molecule has 2 rings (SSSR count). The number of aliphatic hydroxyl groups is 1. The molecule has 0 radical (unpaired) electrons. The number of phenols is 2. The minimum absolute atomic E-state index is 0.0623. The molecule has 0 saturated heterocycles. The van der Waals surface area contributed by atoms with Gasteiger partial charge in [-0.25, -0.2) is 0 Å². The van der Waals surface area contributed by atoms with Crippen LogP contribution in [0.2, 0.25) is 0 Å². The Labute approximate surface area is 158 Å². The van der Waals surface area contributed by atoms with Crippen LogP contribution in [0.25, 0.3) is 0 Å². The van der Waals surface area contributed by atoms with E-state index in [0.717, 1.165) is 5.56 Å². The van der Waals surface area contributed by atoms with Gasteiger partial charge in [-0.3, -0.25) is 4.90 Å². The van der Waals surface area contributed by atoms with E-state index in [9.17, 15) is 27.6 Å². The average molecular weight is 397 g/mol. The van der Waals surface area contributed by atoms with Gasteiger partial charge in [-0.05, 0) is 48.7 Å². The van der Waals surface area contributed by atoms with Gasteiger partial charge < -0.3 is 15.3 Å². The zero-order valence-electron chi connectivity index (χ0n) is 15.0. The number of hydrogen-bond acceptors (Lipinski definition) is 6. The van der Waals surface area contributed by atoms with Gasteiger partial charge in [-0.1, -0.05) is 24.3 Å². The van der Waals surface area contributed by atoms with Gasteiger partial charge in [0.1, 0.15) is 11.5 Å². The smallest absolute Gasteiger partial charge is 0.303 e. The first-order chi connectivity index (χ1) is 12.7. The fourth-order valence-corrected chi connectivity index (χ4v) is 3.28. The molecule has 0 aliphatic carbocycles. The highest BCUT2D eigenvalue weighted by Crippen LogP contribution is 2.23. The predicted molar refractivity (Wildman–Crippen MR) is 101 cm³/mol. The van der Waals surface area contributed by atoms with Gasteiger partial charge in [0.05, 0.1) is 11.9 Å². The summed E-state index contributed by atoms with van der Waals surface area (Å²) in [6.07, 6.45) is -0.396. The van der Waals surface area contributed by atoms with Crippen LogP contribution < -0.4 is 0 Å². The maximum Gasteiger partial charge on any atom is 0.303 e. The van der Waals surface area contributed by atoms with Crippen molar-refractivity contribution >= 4 is 10.2 Å². The lowest BCUT2D eigenvalue weighted by Gasteiger charge is -2.32. The maximum atomic E-state index is 13.0. The van der Waals surface area contributed by atoms with Gasteiger partial charge in [0, 0.05) is 19.1 Å². The van der Waals surface area contributed by atoms with E-state index in [1.54, 1.807) is 48.2 Å². The monoisotopic (exact) mass is 397 g/mol. The van der Waals surface area contributed by atoms with Crippen molar-refractivity contribution in [2.45, 2.75) is 25.5 Å². The molecule has 0 aromatic heterocycles. The molecular weight excluding hydrogens is 373 g/mol. The summed E-state index contributed by atoms with van der Waals surface area (Å²) < 4.78 is 34.9. The fourth-order valence-electron chi connectivity index (χ4n) is 2.83. The molecule has 0 amide bonds. The molecular formula is C19H24FNO5S. The Morgan fingerprint density at radius 2 is 1.48 bits per heavy atom. The number of nitrogens with zero attached hydrogens (tertiary/aromatic N) is 1. The van der Waals surface area contributed by atoms with Crippen molar-refractivity contribution in [1.82, 2.24) is 4.90 Å². The Morgan fingerprint density at radius 1 is 0.963 bits per heavy atom. The number of aromatic hydroxyl groups is 2. The molecule has 27 heavy (non-hydrogen) atoms. The number of aliphatic hydroxyl groups excluding tert-OH is 1. The van der Waals surface area contributed by atoms with Crippen molar-refractivity contribution in [3.05, 3.63) is 59.7 Å². The van der Waals surface area contributed by atoms with Crippen molar-refractivity contribution in [1.29, 1.82) is 0 Å². The normalized spacial score (nSPS) is 14.2. The van der Waals surface area contributed by atoms with E-state index in [1.807, 2.05) is 0 Å². The number of phenolic OH excluding ortho intramolecular Hbond substituents is 2. The number of hydrogen-bond donors (Lipinski definition) is 3. The van der Waals surface area contributed by atoms with Gasteiger partial charge in [0.2, 0.25) is 0 Å². The summed E-state index contributed by atoms with van der Waals surface area (Å²) in [5.41, 5.74) is 1.49. The van der Waals surface area contributed by atoms with E-state index in [-0.39, 0.29) is 18.0 Å².